The Morgan fingerprint density at radius 2 is 1.57 bits per heavy atom. The van der Waals surface area contributed by atoms with Crippen LogP contribution < -0.4 is 4.74 Å². The fourth-order valence-electron chi connectivity index (χ4n) is 3.05. The lowest BCUT2D eigenvalue weighted by Gasteiger charge is -2.15. The molecule has 0 aromatic heterocycles. The van der Waals surface area contributed by atoms with E-state index in [2.05, 4.69) is 13.8 Å². The molecule has 30 heavy (non-hydrogen) atoms. The molecule has 3 rings (SSSR count). The number of amides is 2. The maximum atomic E-state index is 13.2. The summed E-state index contributed by atoms with van der Waals surface area (Å²) in [5.74, 6) is 0.149. The van der Waals surface area contributed by atoms with Crippen LogP contribution in [-0.4, -0.2) is 28.6 Å². The monoisotopic (exact) mass is 427 g/mol. The van der Waals surface area contributed by atoms with Crippen molar-refractivity contribution in [1.29, 1.82) is 0 Å². The molecule has 2 amide bonds. The number of hydrogen-bond acceptors (Lipinski definition) is 4. The number of hydrogen-bond donors (Lipinski definition) is 0. The van der Waals surface area contributed by atoms with Crippen LogP contribution in [0.5, 0.6) is 5.75 Å². The summed E-state index contributed by atoms with van der Waals surface area (Å²) in [4.78, 5) is 28.0. The van der Waals surface area contributed by atoms with Crippen LogP contribution in [0.15, 0.2) is 53.4 Å². The van der Waals surface area contributed by atoms with E-state index in [0.717, 1.165) is 5.75 Å². The number of carbonyl (C=O) groups excluding carboxylic acids is 2. The van der Waals surface area contributed by atoms with Crippen LogP contribution in [0, 0.1) is 11.7 Å². The van der Waals surface area contributed by atoms with E-state index in [1.54, 1.807) is 12.1 Å². The average Bonchev–Trinajstić information content (AvgIpc) is 2.92. The minimum Gasteiger partial charge on any atom is -0.493 e. The van der Waals surface area contributed by atoms with Crippen molar-refractivity contribution in [3.05, 3.63) is 70.4 Å². The summed E-state index contributed by atoms with van der Waals surface area (Å²) in [6.07, 6.45) is 0. The Balaban J connectivity index is 1.89. The largest absolute Gasteiger partial charge is 0.493 e. The highest BCUT2D eigenvalue weighted by atomic mass is 32.2. The molecule has 0 aliphatic carbocycles. The first-order chi connectivity index (χ1) is 14.3. The van der Waals surface area contributed by atoms with Gasteiger partial charge in [-0.2, -0.15) is 0 Å². The van der Waals surface area contributed by atoms with Crippen LogP contribution in [0.3, 0.4) is 0 Å². The van der Waals surface area contributed by atoms with Gasteiger partial charge in [-0.05, 0) is 41.3 Å². The van der Waals surface area contributed by atoms with Crippen molar-refractivity contribution in [3.63, 3.8) is 0 Å². The zero-order chi connectivity index (χ0) is 21.8. The SMILES string of the molecule is CC(C)COc1ccc(C2=C(SC(C)C)C(=O)N(Cc3ccc(F)cc3)C2=O)cc1. The zero-order valence-corrected chi connectivity index (χ0v) is 18.5. The molecule has 1 aliphatic heterocycles. The summed E-state index contributed by atoms with van der Waals surface area (Å²) in [6.45, 7) is 8.84. The molecule has 0 atom stereocenters. The lowest BCUT2D eigenvalue weighted by atomic mass is 10.1. The van der Waals surface area contributed by atoms with E-state index < -0.39 is 0 Å². The molecule has 0 N–H and O–H groups in total. The number of imide groups is 1. The van der Waals surface area contributed by atoms with Gasteiger partial charge in [-0.3, -0.25) is 14.5 Å². The molecule has 2 aromatic rings. The first kappa shape index (κ1) is 22.1. The molecular weight excluding hydrogens is 401 g/mol. The van der Waals surface area contributed by atoms with Crippen LogP contribution in [0.4, 0.5) is 4.39 Å². The lowest BCUT2D eigenvalue weighted by Crippen LogP contribution is -2.31. The molecule has 0 fully saturated rings. The Hall–Kier alpha value is -2.60. The second kappa shape index (κ2) is 9.47. The fourth-order valence-corrected chi connectivity index (χ4v) is 4.06. The van der Waals surface area contributed by atoms with Gasteiger partial charge in [-0.25, -0.2) is 4.39 Å². The minimum atomic E-state index is -0.354. The highest BCUT2D eigenvalue weighted by molar-refractivity contribution is 8.04. The maximum absolute atomic E-state index is 13.2. The van der Waals surface area contributed by atoms with Crippen molar-refractivity contribution >= 4 is 29.1 Å². The molecule has 1 heterocycles. The second-order valence-electron chi connectivity index (χ2n) is 7.92. The van der Waals surface area contributed by atoms with Crippen LogP contribution in [0.1, 0.15) is 38.8 Å². The molecule has 0 unspecified atom stereocenters. The zero-order valence-electron chi connectivity index (χ0n) is 17.6. The summed E-state index contributed by atoms with van der Waals surface area (Å²) in [5.41, 5.74) is 1.80. The maximum Gasteiger partial charge on any atom is 0.268 e. The van der Waals surface area contributed by atoms with Gasteiger partial charge in [0.05, 0.1) is 23.6 Å². The van der Waals surface area contributed by atoms with Crippen molar-refractivity contribution in [1.82, 2.24) is 4.90 Å². The van der Waals surface area contributed by atoms with Gasteiger partial charge in [0.1, 0.15) is 11.6 Å². The quantitative estimate of drug-likeness (QED) is 0.538. The molecule has 0 spiro atoms. The van der Waals surface area contributed by atoms with Gasteiger partial charge in [0.15, 0.2) is 0 Å². The molecule has 0 saturated heterocycles. The minimum absolute atomic E-state index is 0.110. The van der Waals surface area contributed by atoms with Crippen LogP contribution in [0.25, 0.3) is 5.57 Å². The van der Waals surface area contributed by atoms with E-state index in [0.29, 0.717) is 34.1 Å². The van der Waals surface area contributed by atoms with Crippen molar-refractivity contribution in [3.8, 4) is 5.75 Å². The van der Waals surface area contributed by atoms with Crippen molar-refractivity contribution in [2.75, 3.05) is 6.61 Å². The van der Waals surface area contributed by atoms with Gasteiger partial charge in [-0.1, -0.05) is 52.0 Å². The summed E-state index contributed by atoms with van der Waals surface area (Å²) in [5, 5.41) is 0.145. The summed E-state index contributed by atoms with van der Waals surface area (Å²) in [6, 6.07) is 13.1. The molecular formula is C24H26FNO3S. The first-order valence-corrected chi connectivity index (χ1v) is 10.9. The Kier molecular flexibility index (Phi) is 6.98. The van der Waals surface area contributed by atoms with Gasteiger partial charge >= 0.3 is 0 Å². The predicted octanol–water partition coefficient (Wildman–Crippen LogP) is 5.28. The molecule has 2 aromatic carbocycles. The number of carbonyl (C=O) groups is 2. The lowest BCUT2D eigenvalue weighted by molar-refractivity contribution is -0.137. The van der Waals surface area contributed by atoms with E-state index in [1.807, 2.05) is 38.1 Å². The molecule has 158 valence electrons. The molecule has 4 nitrogen and oxygen atoms in total. The molecule has 0 radical (unpaired) electrons. The van der Waals surface area contributed by atoms with Gasteiger partial charge in [0, 0.05) is 5.25 Å². The number of ether oxygens (including phenoxy) is 1. The van der Waals surface area contributed by atoms with E-state index >= 15 is 0 Å². The number of halogens is 1. The first-order valence-electron chi connectivity index (χ1n) is 10.0. The third-order valence-corrected chi connectivity index (χ3v) is 5.55. The summed E-state index contributed by atoms with van der Waals surface area (Å²) >= 11 is 1.39. The van der Waals surface area contributed by atoms with Crippen LogP contribution in [-0.2, 0) is 16.1 Å². The topological polar surface area (TPSA) is 46.6 Å². The Morgan fingerprint density at radius 3 is 2.13 bits per heavy atom. The van der Waals surface area contributed by atoms with E-state index in [1.165, 1.54) is 28.8 Å². The Labute approximate surface area is 181 Å². The average molecular weight is 428 g/mol. The van der Waals surface area contributed by atoms with Gasteiger partial charge < -0.3 is 4.74 Å². The molecule has 0 saturated carbocycles. The van der Waals surface area contributed by atoms with Gasteiger partial charge in [0.25, 0.3) is 11.8 Å². The third kappa shape index (κ3) is 5.11. The number of rotatable bonds is 8. The fraction of sp³-hybridized carbons (Fsp3) is 0.333. The van der Waals surface area contributed by atoms with Gasteiger partial charge in [-0.15, -0.1) is 11.8 Å². The highest BCUT2D eigenvalue weighted by Gasteiger charge is 2.39. The molecule has 1 aliphatic rings. The standard InChI is InChI=1S/C24H26FNO3S/c1-15(2)14-29-20-11-7-18(8-12-20)21-22(30-16(3)4)24(28)26(23(21)27)13-17-5-9-19(25)10-6-17/h5-12,15-16H,13-14H2,1-4H3. The third-order valence-electron chi connectivity index (χ3n) is 4.46. The summed E-state index contributed by atoms with van der Waals surface area (Å²) < 4.78 is 18.9. The smallest absolute Gasteiger partial charge is 0.268 e. The van der Waals surface area contributed by atoms with E-state index in [-0.39, 0.29) is 29.4 Å². The Bertz CT molecular complexity index is 949. The summed E-state index contributed by atoms with van der Waals surface area (Å²) in [7, 11) is 0. The highest BCUT2D eigenvalue weighted by Crippen LogP contribution is 2.38. The van der Waals surface area contributed by atoms with Crippen molar-refractivity contribution in [2.45, 2.75) is 39.5 Å². The van der Waals surface area contributed by atoms with Crippen molar-refractivity contribution in [2.24, 2.45) is 5.92 Å². The normalized spacial score (nSPS) is 14.4. The predicted molar refractivity (Wildman–Crippen MR) is 118 cm³/mol. The van der Waals surface area contributed by atoms with E-state index in [4.69, 9.17) is 4.74 Å². The number of benzene rings is 2. The van der Waals surface area contributed by atoms with Crippen LogP contribution in [0.2, 0.25) is 0 Å². The van der Waals surface area contributed by atoms with Crippen LogP contribution >= 0.6 is 11.8 Å². The molecule has 6 heteroatoms. The number of nitrogens with zero attached hydrogens (tertiary/aromatic N) is 1. The van der Waals surface area contributed by atoms with E-state index in [9.17, 15) is 14.0 Å². The second-order valence-corrected chi connectivity index (χ2v) is 9.51. The Morgan fingerprint density at radius 1 is 0.933 bits per heavy atom. The van der Waals surface area contributed by atoms with Crippen molar-refractivity contribution < 1.29 is 18.7 Å². The molecule has 0 bridgehead atoms. The number of thioether (sulfide) groups is 1. The van der Waals surface area contributed by atoms with Gasteiger partial charge in [0.2, 0.25) is 0 Å².